The molecule has 2 amide bonds. The van der Waals surface area contributed by atoms with Gasteiger partial charge in [-0.2, -0.15) is 0 Å². The number of pyridine rings is 1. The predicted molar refractivity (Wildman–Crippen MR) is 127 cm³/mol. The monoisotopic (exact) mass is 454 g/mol. The summed E-state index contributed by atoms with van der Waals surface area (Å²) in [6.45, 7) is 6.97. The number of methoxy groups -OCH3 is 2. The largest absolute Gasteiger partial charge is 0.497 e. The first kappa shape index (κ1) is 23.2. The van der Waals surface area contributed by atoms with Crippen LogP contribution in [0.1, 0.15) is 43.9 Å². The molecule has 8 heteroatoms. The number of hydrogen-bond donors (Lipinski definition) is 1. The van der Waals surface area contributed by atoms with Crippen LogP contribution in [0.5, 0.6) is 11.5 Å². The van der Waals surface area contributed by atoms with Crippen molar-refractivity contribution in [1.29, 1.82) is 0 Å². The number of urea groups is 1. The van der Waals surface area contributed by atoms with Gasteiger partial charge in [-0.05, 0) is 56.5 Å². The molecule has 178 valence electrons. The van der Waals surface area contributed by atoms with Crippen LogP contribution in [0.4, 0.5) is 10.6 Å². The summed E-state index contributed by atoms with van der Waals surface area (Å²) in [7, 11) is 3.30. The zero-order chi connectivity index (χ0) is 23.4. The highest BCUT2D eigenvalue weighted by Gasteiger charge is 2.32. The van der Waals surface area contributed by atoms with E-state index in [1.54, 1.807) is 14.2 Å². The minimum atomic E-state index is -0.0812. The molecule has 2 fully saturated rings. The highest BCUT2D eigenvalue weighted by atomic mass is 16.5. The van der Waals surface area contributed by atoms with Crippen molar-refractivity contribution in [2.75, 3.05) is 38.8 Å². The number of rotatable bonds is 6. The maximum absolute atomic E-state index is 13.0. The Morgan fingerprint density at radius 1 is 1.15 bits per heavy atom. The molecule has 3 unspecified atom stereocenters. The molecule has 2 aliphatic heterocycles. The molecule has 8 nitrogen and oxygen atoms in total. The molecule has 2 aliphatic rings. The summed E-state index contributed by atoms with van der Waals surface area (Å²) >= 11 is 0. The number of anilines is 1. The topological polar surface area (TPSA) is 76.2 Å². The van der Waals surface area contributed by atoms with Crippen LogP contribution in [0, 0.1) is 0 Å². The van der Waals surface area contributed by atoms with E-state index < -0.39 is 0 Å². The second-order valence-electron chi connectivity index (χ2n) is 8.80. The van der Waals surface area contributed by atoms with Crippen LogP contribution < -0.4 is 19.7 Å². The molecule has 2 aromatic rings. The van der Waals surface area contributed by atoms with E-state index in [0.717, 1.165) is 54.4 Å². The van der Waals surface area contributed by atoms with Crippen molar-refractivity contribution in [3.8, 4) is 11.5 Å². The fourth-order valence-corrected chi connectivity index (χ4v) is 4.79. The summed E-state index contributed by atoms with van der Waals surface area (Å²) in [6, 6.07) is 9.66. The lowest BCUT2D eigenvalue weighted by Gasteiger charge is -2.36. The lowest BCUT2D eigenvalue weighted by molar-refractivity contribution is -0.00546. The zero-order valence-electron chi connectivity index (χ0n) is 19.9. The van der Waals surface area contributed by atoms with Gasteiger partial charge in [-0.15, -0.1) is 0 Å². The lowest BCUT2D eigenvalue weighted by atomic mass is 10.0. The van der Waals surface area contributed by atoms with Crippen LogP contribution in [0.25, 0.3) is 0 Å². The Labute approximate surface area is 195 Å². The number of carbonyl (C=O) groups is 1. The van der Waals surface area contributed by atoms with Gasteiger partial charge in [0.15, 0.2) is 0 Å². The quantitative estimate of drug-likeness (QED) is 0.716. The van der Waals surface area contributed by atoms with Crippen LogP contribution in [0.3, 0.4) is 0 Å². The summed E-state index contributed by atoms with van der Waals surface area (Å²) in [4.78, 5) is 21.8. The fourth-order valence-electron chi connectivity index (χ4n) is 4.79. The summed E-state index contributed by atoms with van der Waals surface area (Å²) in [5, 5.41) is 3.06. The maximum Gasteiger partial charge on any atom is 0.318 e. The third kappa shape index (κ3) is 5.33. The number of nitrogens with one attached hydrogen (secondary N) is 1. The normalized spacial score (nSPS) is 22.8. The Morgan fingerprint density at radius 3 is 2.61 bits per heavy atom. The average Bonchev–Trinajstić information content (AvgIpc) is 3.32. The third-order valence-electron chi connectivity index (χ3n) is 6.31. The smallest absolute Gasteiger partial charge is 0.318 e. The number of aromatic nitrogens is 1. The van der Waals surface area contributed by atoms with E-state index in [-0.39, 0.29) is 24.3 Å². The van der Waals surface area contributed by atoms with Crippen molar-refractivity contribution >= 4 is 11.8 Å². The number of likely N-dealkylation sites (tertiary alicyclic amines) is 1. The second kappa shape index (κ2) is 10.3. The molecular weight excluding hydrogens is 420 g/mol. The van der Waals surface area contributed by atoms with E-state index >= 15 is 0 Å². The van der Waals surface area contributed by atoms with Gasteiger partial charge < -0.3 is 29.3 Å². The molecule has 1 N–H and O–H groups in total. The summed E-state index contributed by atoms with van der Waals surface area (Å²) in [5.41, 5.74) is 1.95. The third-order valence-corrected chi connectivity index (χ3v) is 6.31. The van der Waals surface area contributed by atoms with Crippen molar-refractivity contribution in [3.05, 3.63) is 47.7 Å². The van der Waals surface area contributed by atoms with Gasteiger partial charge in [0.1, 0.15) is 17.3 Å². The molecule has 3 atom stereocenters. The fraction of sp³-hybridized carbons (Fsp3) is 0.520. The highest BCUT2D eigenvalue weighted by Crippen LogP contribution is 2.38. The van der Waals surface area contributed by atoms with Crippen LogP contribution in [0.2, 0.25) is 0 Å². The zero-order valence-corrected chi connectivity index (χ0v) is 19.9. The van der Waals surface area contributed by atoms with Gasteiger partial charge in [0.05, 0.1) is 32.5 Å². The van der Waals surface area contributed by atoms with Crippen LogP contribution in [0.15, 0.2) is 36.5 Å². The predicted octanol–water partition coefficient (Wildman–Crippen LogP) is 3.76. The summed E-state index contributed by atoms with van der Waals surface area (Å²) in [5.74, 6) is 2.47. The van der Waals surface area contributed by atoms with E-state index in [1.165, 1.54) is 0 Å². The van der Waals surface area contributed by atoms with Crippen molar-refractivity contribution < 1.29 is 19.0 Å². The van der Waals surface area contributed by atoms with Gasteiger partial charge >= 0.3 is 6.03 Å². The Hall–Kier alpha value is -3.00. The molecule has 0 bridgehead atoms. The molecule has 0 radical (unpaired) electrons. The first-order valence-electron chi connectivity index (χ1n) is 11.6. The molecule has 0 saturated carbocycles. The van der Waals surface area contributed by atoms with Crippen molar-refractivity contribution in [1.82, 2.24) is 15.2 Å². The molecule has 2 saturated heterocycles. The highest BCUT2D eigenvalue weighted by molar-refractivity contribution is 5.75. The Kier molecular flexibility index (Phi) is 7.23. The van der Waals surface area contributed by atoms with Crippen molar-refractivity contribution in [3.63, 3.8) is 0 Å². The van der Waals surface area contributed by atoms with E-state index in [0.29, 0.717) is 13.1 Å². The Morgan fingerprint density at radius 2 is 1.94 bits per heavy atom. The molecule has 4 rings (SSSR count). The van der Waals surface area contributed by atoms with Crippen LogP contribution in [-0.4, -0.2) is 62.0 Å². The molecule has 0 spiro atoms. The molecule has 0 aliphatic carbocycles. The molecule has 1 aromatic carbocycles. The van der Waals surface area contributed by atoms with Gasteiger partial charge in [0, 0.05) is 37.9 Å². The van der Waals surface area contributed by atoms with E-state index in [2.05, 4.69) is 29.0 Å². The summed E-state index contributed by atoms with van der Waals surface area (Å²) < 4.78 is 16.7. The minimum Gasteiger partial charge on any atom is -0.497 e. The number of morpholine rings is 1. The number of nitrogens with zero attached hydrogens (tertiary/aromatic N) is 3. The van der Waals surface area contributed by atoms with Crippen LogP contribution >= 0.6 is 0 Å². The Balaban J connectivity index is 1.38. The average molecular weight is 455 g/mol. The standard InChI is InChI=1S/C25H34N4O4/c1-17-15-28(16-18(2)33-17)24-10-7-19(13-26-24)14-27-25(30)29-11-5-6-22(29)21-12-20(31-3)8-9-23(21)32-4/h7-10,12-13,17-18,22H,5-6,11,14-16H2,1-4H3,(H,27,30). The Bertz CT molecular complexity index is 942. The van der Waals surface area contributed by atoms with Gasteiger partial charge in [-0.1, -0.05) is 6.07 Å². The van der Waals surface area contributed by atoms with Crippen LogP contribution in [-0.2, 0) is 11.3 Å². The van der Waals surface area contributed by atoms with Crippen molar-refractivity contribution in [2.45, 2.75) is 51.5 Å². The number of amides is 2. The molecule has 1 aromatic heterocycles. The molecule has 3 heterocycles. The van der Waals surface area contributed by atoms with E-state index in [9.17, 15) is 4.79 Å². The molecule has 33 heavy (non-hydrogen) atoms. The lowest BCUT2D eigenvalue weighted by Crippen LogP contribution is -2.45. The van der Waals surface area contributed by atoms with Gasteiger partial charge in [0.2, 0.25) is 0 Å². The molecular formula is C25H34N4O4. The first-order chi connectivity index (χ1) is 16.0. The number of benzene rings is 1. The second-order valence-corrected chi connectivity index (χ2v) is 8.80. The maximum atomic E-state index is 13.0. The van der Waals surface area contributed by atoms with Gasteiger partial charge in [-0.25, -0.2) is 9.78 Å². The number of carbonyl (C=O) groups excluding carboxylic acids is 1. The van der Waals surface area contributed by atoms with Gasteiger partial charge in [-0.3, -0.25) is 0 Å². The van der Waals surface area contributed by atoms with Crippen molar-refractivity contribution in [2.24, 2.45) is 0 Å². The number of hydrogen-bond acceptors (Lipinski definition) is 6. The SMILES string of the molecule is COc1ccc(OC)c(C2CCCN2C(=O)NCc2ccc(N3CC(C)OC(C)C3)nc2)c1. The summed E-state index contributed by atoms with van der Waals surface area (Å²) in [6.07, 6.45) is 4.05. The first-order valence-corrected chi connectivity index (χ1v) is 11.6. The number of ether oxygens (including phenoxy) is 3. The van der Waals surface area contributed by atoms with Gasteiger partial charge in [0.25, 0.3) is 0 Å². The minimum absolute atomic E-state index is 0.0409. The van der Waals surface area contributed by atoms with E-state index in [1.807, 2.05) is 41.4 Å². The van der Waals surface area contributed by atoms with E-state index in [4.69, 9.17) is 14.2 Å².